The highest BCUT2D eigenvalue weighted by Crippen LogP contribution is 2.11. The van der Waals surface area contributed by atoms with Crippen molar-refractivity contribution in [3.63, 3.8) is 0 Å². The summed E-state index contributed by atoms with van der Waals surface area (Å²) in [7, 11) is 1.51. The molecule has 0 aromatic rings. The number of methoxy groups -OCH3 is 1. The van der Waals surface area contributed by atoms with Gasteiger partial charge in [-0.05, 0) is 6.42 Å². The molecular weight excluding hydrogens is 146 g/mol. The Morgan fingerprint density at radius 1 is 1.73 bits per heavy atom. The summed E-state index contributed by atoms with van der Waals surface area (Å²) in [5.41, 5.74) is 5.00. The highest BCUT2D eigenvalue weighted by atomic mass is 16.5. The second-order valence-electron chi connectivity index (χ2n) is 2.72. The van der Waals surface area contributed by atoms with Gasteiger partial charge in [-0.15, -0.1) is 0 Å². The standard InChI is InChI=1S/C7H15NO3/c1-3-7(8,5-11-2)4-6(9)10/h3-5,8H2,1-2H3,(H,9,10). The zero-order valence-electron chi connectivity index (χ0n) is 6.96. The first kappa shape index (κ1) is 10.4. The summed E-state index contributed by atoms with van der Waals surface area (Å²) in [6.07, 6.45) is 0.560. The maximum atomic E-state index is 10.3. The summed E-state index contributed by atoms with van der Waals surface area (Å²) in [6, 6.07) is 0. The van der Waals surface area contributed by atoms with E-state index in [1.54, 1.807) is 0 Å². The van der Waals surface area contributed by atoms with Crippen molar-refractivity contribution in [3.8, 4) is 0 Å². The quantitative estimate of drug-likeness (QED) is 0.604. The summed E-state index contributed by atoms with van der Waals surface area (Å²) in [6.45, 7) is 2.14. The molecule has 4 heteroatoms. The summed E-state index contributed by atoms with van der Waals surface area (Å²) in [5, 5.41) is 8.47. The first-order valence-corrected chi connectivity index (χ1v) is 3.53. The lowest BCUT2D eigenvalue weighted by Crippen LogP contribution is -2.45. The Morgan fingerprint density at radius 3 is 2.55 bits per heavy atom. The Balaban J connectivity index is 3.98. The first-order valence-electron chi connectivity index (χ1n) is 3.53. The van der Waals surface area contributed by atoms with E-state index in [1.165, 1.54) is 7.11 Å². The minimum atomic E-state index is -0.883. The predicted octanol–water partition coefficient (Wildman–Crippen LogP) is 0.215. The Labute approximate surface area is 66.3 Å². The molecule has 11 heavy (non-hydrogen) atoms. The Bertz CT molecular complexity index is 138. The number of hydrogen-bond acceptors (Lipinski definition) is 3. The molecule has 66 valence electrons. The fourth-order valence-corrected chi connectivity index (χ4v) is 0.867. The first-order chi connectivity index (χ1) is 5.04. The van der Waals surface area contributed by atoms with Crippen LogP contribution in [0.15, 0.2) is 0 Å². The molecule has 0 aromatic heterocycles. The fraction of sp³-hybridized carbons (Fsp3) is 0.857. The van der Waals surface area contributed by atoms with Gasteiger partial charge < -0.3 is 15.6 Å². The molecule has 1 unspecified atom stereocenters. The predicted molar refractivity (Wildman–Crippen MR) is 41.3 cm³/mol. The summed E-state index contributed by atoms with van der Waals surface area (Å²) in [5.74, 6) is -0.883. The molecule has 4 nitrogen and oxygen atoms in total. The Morgan fingerprint density at radius 2 is 2.27 bits per heavy atom. The third kappa shape index (κ3) is 3.95. The molecule has 0 saturated heterocycles. The van der Waals surface area contributed by atoms with Crippen molar-refractivity contribution in [2.45, 2.75) is 25.3 Å². The highest BCUT2D eigenvalue weighted by molar-refractivity contribution is 5.68. The van der Waals surface area contributed by atoms with Crippen molar-refractivity contribution in [2.75, 3.05) is 13.7 Å². The van der Waals surface area contributed by atoms with Gasteiger partial charge in [0.2, 0.25) is 0 Å². The minimum absolute atomic E-state index is 0.0443. The van der Waals surface area contributed by atoms with Crippen LogP contribution in [0.4, 0.5) is 0 Å². The van der Waals surface area contributed by atoms with Crippen molar-refractivity contribution in [2.24, 2.45) is 5.73 Å². The monoisotopic (exact) mass is 161 g/mol. The summed E-state index contributed by atoms with van der Waals surface area (Å²) in [4.78, 5) is 10.3. The zero-order valence-corrected chi connectivity index (χ0v) is 6.96. The molecule has 0 bridgehead atoms. The fourth-order valence-electron chi connectivity index (χ4n) is 0.867. The lowest BCUT2D eigenvalue weighted by Gasteiger charge is -2.24. The van der Waals surface area contributed by atoms with Crippen LogP contribution in [0.5, 0.6) is 0 Å². The lowest BCUT2D eigenvalue weighted by atomic mass is 9.95. The van der Waals surface area contributed by atoms with Gasteiger partial charge in [-0.1, -0.05) is 6.92 Å². The van der Waals surface area contributed by atoms with E-state index in [1.807, 2.05) is 6.92 Å². The van der Waals surface area contributed by atoms with Crippen LogP contribution in [0.3, 0.4) is 0 Å². The van der Waals surface area contributed by atoms with E-state index in [9.17, 15) is 4.79 Å². The number of hydrogen-bond donors (Lipinski definition) is 2. The molecule has 0 aliphatic heterocycles. The van der Waals surface area contributed by atoms with Gasteiger partial charge in [0.15, 0.2) is 0 Å². The van der Waals surface area contributed by atoms with Crippen LogP contribution < -0.4 is 5.73 Å². The van der Waals surface area contributed by atoms with Gasteiger partial charge in [0.1, 0.15) is 0 Å². The van der Waals surface area contributed by atoms with Crippen molar-refractivity contribution < 1.29 is 14.6 Å². The van der Waals surface area contributed by atoms with E-state index in [2.05, 4.69) is 0 Å². The van der Waals surface area contributed by atoms with Crippen molar-refractivity contribution in [3.05, 3.63) is 0 Å². The molecule has 0 amide bonds. The third-order valence-electron chi connectivity index (χ3n) is 1.64. The molecule has 0 spiro atoms. The maximum absolute atomic E-state index is 10.3. The van der Waals surface area contributed by atoms with E-state index >= 15 is 0 Å². The van der Waals surface area contributed by atoms with Gasteiger partial charge in [-0.3, -0.25) is 4.79 Å². The van der Waals surface area contributed by atoms with Crippen LogP contribution in [-0.2, 0) is 9.53 Å². The molecule has 3 N–H and O–H groups in total. The van der Waals surface area contributed by atoms with E-state index in [4.69, 9.17) is 15.6 Å². The molecule has 0 heterocycles. The number of nitrogens with two attached hydrogens (primary N) is 1. The molecule has 0 radical (unpaired) electrons. The molecule has 0 aliphatic carbocycles. The third-order valence-corrected chi connectivity index (χ3v) is 1.64. The highest BCUT2D eigenvalue weighted by Gasteiger charge is 2.25. The van der Waals surface area contributed by atoms with E-state index in [0.29, 0.717) is 6.42 Å². The number of ether oxygens (including phenoxy) is 1. The number of rotatable bonds is 5. The number of carbonyl (C=O) groups is 1. The zero-order chi connectivity index (χ0) is 8.91. The molecule has 0 fully saturated rings. The maximum Gasteiger partial charge on any atom is 0.305 e. The van der Waals surface area contributed by atoms with Crippen molar-refractivity contribution >= 4 is 5.97 Å². The van der Waals surface area contributed by atoms with Crippen LogP contribution in [0, 0.1) is 0 Å². The number of carboxylic acids is 1. The summed E-state index contributed by atoms with van der Waals surface area (Å²) < 4.78 is 4.81. The van der Waals surface area contributed by atoms with E-state index in [-0.39, 0.29) is 13.0 Å². The van der Waals surface area contributed by atoms with Gasteiger partial charge >= 0.3 is 5.97 Å². The second-order valence-corrected chi connectivity index (χ2v) is 2.72. The molecule has 0 aliphatic rings. The van der Waals surface area contributed by atoms with E-state index < -0.39 is 11.5 Å². The van der Waals surface area contributed by atoms with Gasteiger partial charge in [-0.2, -0.15) is 0 Å². The minimum Gasteiger partial charge on any atom is -0.481 e. The van der Waals surface area contributed by atoms with Gasteiger partial charge in [0, 0.05) is 12.6 Å². The van der Waals surface area contributed by atoms with Crippen LogP contribution >= 0.6 is 0 Å². The number of carboxylic acid groups (broad SMARTS) is 1. The SMILES string of the molecule is CCC(N)(COC)CC(=O)O. The average molecular weight is 161 g/mol. The van der Waals surface area contributed by atoms with Crippen LogP contribution in [0.1, 0.15) is 19.8 Å². The van der Waals surface area contributed by atoms with Crippen LogP contribution in [0.2, 0.25) is 0 Å². The Kier molecular flexibility index (Phi) is 4.07. The second kappa shape index (κ2) is 4.31. The van der Waals surface area contributed by atoms with Gasteiger partial charge in [-0.25, -0.2) is 0 Å². The smallest absolute Gasteiger partial charge is 0.305 e. The molecule has 0 saturated carbocycles. The molecular formula is C7H15NO3. The lowest BCUT2D eigenvalue weighted by molar-refractivity contribution is -0.139. The molecule has 0 aromatic carbocycles. The summed E-state index contributed by atoms with van der Waals surface area (Å²) >= 11 is 0. The normalized spacial score (nSPS) is 15.9. The topological polar surface area (TPSA) is 72.5 Å². The molecule has 0 rings (SSSR count). The van der Waals surface area contributed by atoms with Crippen molar-refractivity contribution in [1.82, 2.24) is 0 Å². The molecule has 1 atom stereocenters. The van der Waals surface area contributed by atoms with Crippen LogP contribution in [-0.4, -0.2) is 30.3 Å². The van der Waals surface area contributed by atoms with Gasteiger partial charge in [0.25, 0.3) is 0 Å². The van der Waals surface area contributed by atoms with E-state index in [0.717, 1.165) is 0 Å². The number of aliphatic carboxylic acids is 1. The largest absolute Gasteiger partial charge is 0.481 e. The van der Waals surface area contributed by atoms with Gasteiger partial charge in [0.05, 0.1) is 13.0 Å². The van der Waals surface area contributed by atoms with Crippen molar-refractivity contribution in [1.29, 1.82) is 0 Å². The van der Waals surface area contributed by atoms with Crippen LogP contribution in [0.25, 0.3) is 0 Å². The average Bonchev–Trinajstić information content (AvgIpc) is 1.87. The Hall–Kier alpha value is -0.610.